The summed E-state index contributed by atoms with van der Waals surface area (Å²) < 4.78 is 0. The van der Waals surface area contributed by atoms with Gasteiger partial charge in [0, 0.05) is 0 Å². The van der Waals surface area contributed by atoms with E-state index in [-0.39, 0.29) is 0 Å². The van der Waals surface area contributed by atoms with Gasteiger partial charge in [0.25, 0.3) is 0 Å². The molecule has 0 saturated heterocycles. The Morgan fingerprint density at radius 3 is 0.714 bits per heavy atom. The van der Waals surface area contributed by atoms with E-state index in [1.165, 1.54) is 51.4 Å². The molecule has 0 aromatic heterocycles. The van der Waals surface area contributed by atoms with E-state index in [1.807, 2.05) is 0 Å². The van der Waals surface area contributed by atoms with E-state index < -0.39 is 0 Å². The van der Waals surface area contributed by atoms with Gasteiger partial charge in [0.1, 0.15) is 0 Å². The minimum Gasteiger partial charge on any atom is -0.0625 e. The van der Waals surface area contributed by atoms with Crippen molar-refractivity contribution in [3.8, 4) is 0 Å². The van der Waals surface area contributed by atoms with E-state index in [0.29, 0.717) is 0 Å². The summed E-state index contributed by atoms with van der Waals surface area (Å²) in [5.74, 6) is 3.21. The first-order valence-electron chi connectivity index (χ1n) is 6.68. The number of rotatable bonds is 0. The van der Waals surface area contributed by atoms with Gasteiger partial charge in [0.05, 0.1) is 0 Å². The number of hydrogen-bond acceptors (Lipinski definition) is 0. The Morgan fingerprint density at radius 2 is 0.714 bits per heavy atom. The second-order valence-corrected chi connectivity index (χ2v) is 5.75. The molecule has 0 aromatic carbocycles. The van der Waals surface area contributed by atoms with Crippen molar-refractivity contribution in [2.24, 2.45) is 17.8 Å². The largest absolute Gasteiger partial charge is 0.0625 e. The molecule has 3 aliphatic rings. The average molecular weight is 196 g/mol. The van der Waals surface area contributed by atoms with E-state index in [1.54, 1.807) is 0 Å². The van der Waals surface area contributed by atoms with E-state index in [2.05, 4.69) is 20.8 Å². The second-order valence-electron chi connectivity index (χ2n) is 5.75. The maximum Gasteiger partial charge on any atom is -0.0443 e. The van der Waals surface area contributed by atoms with Crippen molar-refractivity contribution in [1.82, 2.24) is 0 Å². The number of hydrogen-bond donors (Lipinski definition) is 0. The summed E-state index contributed by atoms with van der Waals surface area (Å²) in [7, 11) is 0. The van der Waals surface area contributed by atoms with Gasteiger partial charge in [-0.1, -0.05) is 72.1 Å². The molecule has 0 unspecified atom stereocenters. The third-order valence-electron chi connectivity index (χ3n) is 3.65. The highest BCUT2D eigenvalue weighted by atomic mass is 14.2. The maximum absolute atomic E-state index is 2.31. The summed E-state index contributed by atoms with van der Waals surface area (Å²) in [5, 5.41) is 0. The molecule has 3 aliphatic carbocycles. The molecule has 0 radical (unpaired) electrons. The molecule has 0 aromatic rings. The van der Waals surface area contributed by atoms with Gasteiger partial charge in [-0.3, -0.25) is 0 Å². The van der Waals surface area contributed by atoms with Crippen LogP contribution in [0.4, 0.5) is 0 Å². The third-order valence-corrected chi connectivity index (χ3v) is 3.65. The third kappa shape index (κ3) is 6.45. The average Bonchev–Trinajstić information content (AvgIpc) is 2.82. The van der Waals surface area contributed by atoms with Gasteiger partial charge in [-0.25, -0.2) is 0 Å². The zero-order valence-electron chi connectivity index (χ0n) is 10.4. The first kappa shape index (κ1) is 12.1. The van der Waals surface area contributed by atoms with Crippen molar-refractivity contribution in [2.75, 3.05) is 0 Å². The highest BCUT2D eigenvalue weighted by Gasteiger charge is 2.12. The lowest BCUT2D eigenvalue weighted by Crippen LogP contribution is -2.04. The summed E-state index contributed by atoms with van der Waals surface area (Å²) in [5.41, 5.74) is 0. The molecule has 14 heavy (non-hydrogen) atoms. The summed E-state index contributed by atoms with van der Waals surface area (Å²) >= 11 is 0. The second kappa shape index (κ2) is 6.48. The van der Waals surface area contributed by atoms with Gasteiger partial charge in [-0.15, -0.1) is 0 Å². The highest BCUT2D eigenvalue weighted by molar-refractivity contribution is 4.65. The van der Waals surface area contributed by atoms with Crippen LogP contribution in [0.15, 0.2) is 0 Å². The Hall–Kier alpha value is 0. The van der Waals surface area contributed by atoms with E-state index in [4.69, 9.17) is 0 Å². The SMILES string of the molecule is CC1CC1.CC1CCC1.CC1CCC1. The molecule has 0 bridgehead atoms. The lowest BCUT2D eigenvalue weighted by molar-refractivity contribution is 0.346. The molecular formula is C14H28. The quantitative estimate of drug-likeness (QED) is 0.510. The zero-order valence-corrected chi connectivity index (χ0v) is 10.4. The van der Waals surface area contributed by atoms with Crippen molar-refractivity contribution < 1.29 is 0 Å². The molecule has 3 saturated carbocycles. The molecule has 0 amide bonds. The monoisotopic (exact) mass is 196 g/mol. The van der Waals surface area contributed by atoms with Crippen LogP contribution in [0.2, 0.25) is 0 Å². The molecule has 0 heterocycles. The van der Waals surface area contributed by atoms with Crippen molar-refractivity contribution in [3.05, 3.63) is 0 Å². The molecule has 0 N–H and O–H groups in total. The van der Waals surface area contributed by atoms with Gasteiger partial charge >= 0.3 is 0 Å². The molecular weight excluding hydrogens is 168 g/mol. The molecule has 0 aliphatic heterocycles. The summed E-state index contributed by atoms with van der Waals surface area (Å²) in [6.45, 7) is 6.90. The Balaban J connectivity index is 0.000000106. The smallest absolute Gasteiger partial charge is 0.0443 e. The van der Waals surface area contributed by atoms with Gasteiger partial charge in [0.15, 0.2) is 0 Å². The molecule has 3 fully saturated rings. The predicted molar refractivity (Wildman–Crippen MR) is 64.4 cm³/mol. The van der Waals surface area contributed by atoms with Crippen molar-refractivity contribution in [3.63, 3.8) is 0 Å². The van der Waals surface area contributed by atoms with Crippen LogP contribution in [-0.4, -0.2) is 0 Å². The van der Waals surface area contributed by atoms with Gasteiger partial charge in [0.2, 0.25) is 0 Å². The lowest BCUT2D eigenvalue weighted by atomic mass is 9.88. The summed E-state index contributed by atoms with van der Waals surface area (Å²) in [4.78, 5) is 0. The van der Waals surface area contributed by atoms with Gasteiger partial charge in [-0.05, 0) is 17.8 Å². The Kier molecular flexibility index (Phi) is 5.59. The molecule has 0 atom stereocenters. The first-order chi connectivity index (χ1) is 6.68. The van der Waals surface area contributed by atoms with E-state index >= 15 is 0 Å². The molecule has 0 spiro atoms. The first-order valence-corrected chi connectivity index (χ1v) is 6.68. The molecule has 84 valence electrons. The summed E-state index contributed by atoms with van der Waals surface area (Å²) in [6.07, 6.45) is 11.9. The standard InChI is InChI=1S/2C5H10.C4H8/c2*1-5-3-2-4-5;1-4-2-3-4/h2*5H,2-4H2,1H3;4H,2-3H2,1H3. The lowest BCUT2D eigenvalue weighted by Gasteiger charge is -2.18. The topological polar surface area (TPSA) is 0 Å². The fraction of sp³-hybridized carbons (Fsp3) is 1.00. The van der Waals surface area contributed by atoms with Crippen LogP contribution < -0.4 is 0 Å². The minimum absolute atomic E-state index is 1.06. The molecule has 0 nitrogen and oxygen atoms in total. The van der Waals surface area contributed by atoms with Gasteiger partial charge in [-0.2, -0.15) is 0 Å². The van der Waals surface area contributed by atoms with Crippen LogP contribution >= 0.6 is 0 Å². The zero-order chi connectivity index (χ0) is 10.4. The minimum atomic E-state index is 1.06. The normalized spacial score (nSPS) is 25.9. The predicted octanol–water partition coefficient (Wildman–Crippen LogP) is 5.03. The molecule has 0 heteroatoms. The van der Waals surface area contributed by atoms with Crippen LogP contribution in [0.5, 0.6) is 0 Å². The van der Waals surface area contributed by atoms with Crippen LogP contribution in [0, 0.1) is 17.8 Å². The highest BCUT2D eigenvalue weighted by Crippen LogP contribution is 2.26. The van der Waals surface area contributed by atoms with E-state index in [9.17, 15) is 0 Å². The van der Waals surface area contributed by atoms with Crippen molar-refractivity contribution in [1.29, 1.82) is 0 Å². The fourth-order valence-corrected chi connectivity index (χ4v) is 1.39. The Labute approximate surface area is 90.5 Å². The van der Waals surface area contributed by atoms with Gasteiger partial charge < -0.3 is 0 Å². The summed E-state index contributed by atoms with van der Waals surface area (Å²) in [6, 6.07) is 0. The Morgan fingerprint density at radius 1 is 0.500 bits per heavy atom. The van der Waals surface area contributed by atoms with Crippen LogP contribution in [0.3, 0.4) is 0 Å². The van der Waals surface area contributed by atoms with Crippen molar-refractivity contribution in [2.45, 2.75) is 72.1 Å². The fourth-order valence-electron chi connectivity index (χ4n) is 1.39. The maximum atomic E-state index is 2.31. The van der Waals surface area contributed by atoms with Crippen LogP contribution in [0.25, 0.3) is 0 Å². The Bertz CT molecular complexity index is 115. The van der Waals surface area contributed by atoms with Crippen LogP contribution in [-0.2, 0) is 0 Å². The van der Waals surface area contributed by atoms with Crippen LogP contribution in [0.1, 0.15) is 72.1 Å². The molecule has 3 rings (SSSR count). The van der Waals surface area contributed by atoms with Crippen molar-refractivity contribution >= 4 is 0 Å². The van der Waals surface area contributed by atoms with E-state index in [0.717, 1.165) is 17.8 Å².